The molecule has 0 saturated heterocycles. The molecule has 10 heteroatoms. The maximum Gasteiger partial charge on any atom is 0.264 e. The fourth-order valence-corrected chi connectivity index (χ4v) is 6.41. The molecular weight excluding hydrogens is 613 g/mol. The molecule has 1 unspecified atom stereocenters. The molecule has 236 valence electrons. The molecule has 4 aromatic carbocycles. The number of rotatable bonds is 13. The number of amides is 2. The average Bonchev–Trinajstić information content (AvgIpc) is 3.03. The second kappa shape index (κ2) is 15.2. The molecule has 45 heavy (non-hydrogen) atoms. The van der Waals surface area contributed by atoms with E-state index in [9.17, 15) is 18.0 Å². The third-order valence-electron chi connectivity index (χ3n) is 7.58. The first-order valence-corrected chi connectivity index (χ1v) is 16.5. The highest BCUT2D eigenvalue weighted by atomic mass is 35.5. The van der Waals surface area contributed by atoms with E-state index in [0.717, 1.165) is 21.0 Å². The van der Waals surface area contributed by atoms with Crippen molar-refractivity contribution >= 4 is 39.1 Å². The first-order valence-electron chi connectivity index (χ1n) is 14.7. The van der Waals surface area contributed by atoms with Gasteiger partial charge < -0.3 is 10.2 Å². The maximum absolute atomic E-state index is 15.0. The minimum Gasteiger partial charge on any atom is -0.354 e. The van der Waals surface area contributed by atoms with Crippen molar-refractivity contribution in [2.75, 3.05) is 17.4 Å². The van der Waals surface area contributed by atoms with E-state index in [1.54, 1.807) is 36.4 Å². The molecule has 1 N–H and O–H groups in total. The molecule has 0 radical (unpaired) electrons. The third kappa shape index (κ3) is 8.49. The predicted octanol–water partition coefficient (Wildman–Crippen LogP) is 6.46. The molecule has 4 aromatic rings. The van der Waals surface area contributed by atoms with Crippen molar-refractivity contribution in [1.82, 2.24) is 10.2 Å². The monoisotopic (exact) mass is 649 g/mol. The smallest absolute Gasteiger partial charge is 0.264 e. The van der Waals surface area contributed by atoms with Gasteiger partial charge in [0.15, 0.2) is 0 Å². The van der Waals surface area contributed by atoms with E-state index in [-0.39, 0.29) is 29.1 Å². The highest BCUT2D eigenvalue weighted by molar-refractivity contribution is 7.92. The Balaban J connectivity index is 1.82. The molecule has 0 aliphatic rings. The predicted molar refractivity (Wildman–Crippen MR) is 176 cm³/mol. The van der Waals surface area contributed by atoms with Crippen LogP contribution in [0.5, 0.6) is 0 Å². The van der Waals surface area contributed by atoms with Crippen LogP contribution in [-0.2, 0) is 32.6 Å². The molecule has 0 aliphatic heterocycles. The summed E-state index contributed by atoms with van der Waals surface area (Å²) < 4.78 is 44.3. The second-order valence-corrected chi connectivity index (χ2v) is 13.1. The Kier molecular flexibility index (Phi) is 11.4. The number of nitrogens with one attached hydrogen (secondary N) is 1. The first kappa shape index (κ1) is 33.7. The number of nitrogens with zero attached hydrogens (tertiary/aromatic N) is 2. The summed E-state index contributed by atoms with van der Waals surface area (Å²) in [5, 5.41) is 3.24. The summed E-state index contributed by atoms with van der Waals surface area (Å²) in [5.74, 6) is -1.62. The topological polar surface area (TPSA) is 86.8 Å². The van der Waals surface area contributed by atoms with Gasteiger partial charge in [0.05, 0.1) is 10.6 Å². The molecule has 0 heterocycles. The van der Waals surface area contributed by atoms with Gasteiger partial charge in [0.25, 0.3) is 10.0 Å². The van der Waals surface area contributed by atoms with E-state index in [1.165, 1.54) is 35.2 Å². The van der Waals surface area contributed by atoms with E-state index in [4.69, 9.17) is 11.6 Å². The van der Waals surface area contributed by atoms with E-state index < -0.39 is 40.2 Å². The number of anilines is 1. The lowest BCUT2D eigenvalue weighted by Gasteiger charge is -2.34. The van der Waals surface area contributed by atoms with Crippen molar-refractivity contribution in [3.63, 3.8) is 0 Å². The minimum atomic E-state index is -4.28. The van der Waals surface area contributed by atoms with Crippen LogP contribution in [0.15, 0.2) is 102 Å². The molecule has 0 aliphatic carbocycles. The summed E-state index contributed by atoms with van der Waals surface area (Å²) in [6, 6.07) is 25.0. The molecular formula is C35H37ClFN3O4S. The van der Waals surface area contributed by atoms with Gasteiger partial charge in [-0.1, -0.05) is 73.1 Å². The first-order chi connectivity index (χ1) is 21.5. The van der Waals surface area contributed by atoms with Gasteiger partial charge in [-0.05, 0) is 79.4 Å². The molecule has 2 amide bonds. The van der Waals surface area contributed by atoms with E-state index in [0.29, 0.717) is 18.0 Å². The molecule has 0 spiro atoms. The number of hydrogen-bond acceptors (Lipinski definition) is 4. The van der Waals surface area contributed by atoms with Crippen LogP contribution in [0.1, 0.15) is 35.6 Å². The lowest BCUT2D eigenvalue weighted by atomic mass is 10.0. The summed E-state index contributed by atoms with van der Waals surface area (Å²) in [7, 11) is -4.28. The number of carbonyl (C=O) groups is 2. The Hall–Kier alpha value is -4.21. The van der Waals surface area contributed by atoms with Crippen molar-refractivity contribution in [2.45, 2.75) is 51.1 Å². The number of aryl methyl sites for hydroxylation is 2. The Morgan fingerprint density at radius 3 is 2.20 bits per heavy atom. The summed E-state index contributed by atoms with van der Waals surface area (Å²) in [6.07, 6.45) is 0.815. The molecule has 4 rings (SSSR count). The quantitative estimate of drug-likeness (QED) is 0.180. The Morgan fingerprint density at radius 2 is 1.56 bits per heavy atom. The fraction of sp³-hybridized carbons (Fsp3) is 0.257. The summed E-state index contributed by atoms with van der Waals surface area (Å²) >= 11 is 6.04. The van der Waals surface area contributed by atoms with Crippen LogP contribution < -0.4 is 9.62 Å². The van der Waals surface area contributed by atoms with Crippen LogP contribution in [0.3, 0.4) is 0 Å². The summed E-state index contributed by atoms with van der Waals surface area (Å²) in [4.78, 5) is 29.3. The van der Waals surface area contributed by atoms with Crippen molar-refractivity contribution < 1.29 is 22.4 Å². The number of hydrogen-bond donors (Lipinski definition) is 1. The van der Waals surface area contributed by atoms with Crippen LogP contribution in [0.4, 0.5) is 10.1 Å². The highest BCUT2D eigenvalue weighted by Gasteiger charge is 2.35. The average molecular weight is 650 g/mol. The number of benzene rings is 4. The Bertz CT molecular complexity index is 1730. The summed E-state index contributed by atoms with van der Waals surface area (Å²) in [5.41, 5.74) is 3.05. The largest absolute Gasteiger partial charge is 0.354 e. The SMILES string of the molecule is CCCNC(=O)C(Cc1ccccc1)N(Cc1ccccc1F)C(=O)CN(c1ccc(C)c(C)c1)S(=O)(=O)c1ccc(Cl)cc1. The van der Waals surface area contributed by atoms with Gasteiger partial charge in [0, 0.05) is 30.1 Å². The van der Waals surface area contributed by atoms with Crippen LogP contribution in [0.2, 0.25) is 5.02 Å². The van der Waals surface area contributed by atoms with Gasteiger partial charge in [-0.15, -0.1) is 0 Å². The molecule has 0 bridgehead atoms. The van der Waals surface area contributed by atoms with Gasteiger partial charge in [-0.3, -0.25) is 13.9 Å². The Labute approximate surface area is 269 Å². The van der Waals surface area contributed by atoms with Gasteiger partial charge in [0.1, 0.15) is 18.4 Å². The molecule has 1 atom stereocenters. The zero-order valence-electron chi connectivity index (χ0n) is 25.5. The maximum atomic E-state index is 15.0. The van der Waals surface area contributed by atoms with Gasteiger partial charge in [-0.2, -0.15) is 0 Å². The second-order valence-electron chi connectivity index (χ2n) is 10.8. The van der Waals surface area contributed by atoms with Gasteiger partial charge in [-0.25, -0.2) is 12.8 Å². The van der Waals surface area contributed by atoms with Crippen LogP contribution in [-0.4, -0.2) is 44.3 Å². The van der Waals surface area contributed by atoms with Crippen molar-refractivity contribution in [3.05, 3.63) is 130 Å². The minimum absolute atomic E-state index is 0.0555. The lowest BCUT2D eigenvalue weighted by molar-refractivity contribution is -0.140. The third-order valence-corrected chi connectivity index (χ3v) is 9.62. The van der Waals surface area contributed by atoms with Crippen molar-refractivity contribution in [2.24, 2.45) is 0 Å². The van der Waals surface area contributed by atoms with Crippen molar-refractivity contribution in [3.8, 4) is 0 Å². The molecule has 0 fully saturated rings. The Morgan fingerprint density at radius 1 is 0.889 bits per heavy atom. The summed E-state index contributed by atoms with van der Waals surface area (Å²) in [6.45, 7) is 5.18. The van der Waals surface area contributed by atoms with Gasteiger partial charge >= 0.3 is 0 Å². The molecule has 0 saturated carbocycles. The van der Waals surface area contributed by atoms with Gasteiger partial charge in [0.2, 0.25) is 11.8 Å². The number of halogens is 2. The van der Waals surface area contributed by atoms with Crippen LogP contribution in [0.25, 0.3) is 0 Å². The molecule has 7 nitrogen and oxygen atoms in total. The zero-order valence-corrected chi connectivity index (χ0v) is 27.1. The normalized spacial score (nSPS) is 11.9. The molecule has 0 aromatic heterocycles. The lowest BCUT2D eigenvalue weighted by Crippen LogP contribution is -2.53. The number of sulfonamides is 1. The van der Waals surface area contributed by atoms with Crippen LogP contribution >= 0.6 is 11.6 Å². The van der Waals surface area contributed by atoms with E-state index >= 15 is 4.39 Å². The highest BCUT2D eigenvalue weighted by Crippen LogP contribution is 2.28. The van der Waals surface area contributed by atoms with Crippen molar-refractivity contribution in [1.29, 1.82) is 0 Å². The fourth-order valence-electron chi connectivity index (χ4n) is 4.87. The number of carbonyl (C=O) groups excluding carboxylic acids is 2. The van der Waals surface area contributed by atoms with Crippen LogP contribution in [0, 0.1) is 19.7 Å². The standard InChI is InChI=1S/C35H37ClFN3O4S/c1-4-20-38-35(42)33(22-27-10-6-5-7-11-27)39(23-28-12-8-9-13-32(28)37)34(41)24-40(30-17-14-25(2)26(3)21-30)45(43,44)31-18-15-29(36)16-19-31/h5-19,21,33H,4,20,22-24H2,1-3H3,(H,38,42). The zero-order chi connectivity index (χ0) is 32.6. The van der Waals surface area contributed by atoms with E-state index in [1.807, 2.05) is 51.1 Å². The van der Waals surface area contributed by atoms with E-state index in [2.05, 4.69) is 5.32 Å².